The normalized spacial score (nSPS) is 11.7. The van der Waals surface area contributed by atoms with E-state index in [4.69, 9.17) is 0 Å². The van der Waals surface area contributed by atoms with Gasteiger partial charge in [-0.05, 0) is 54.1 Å². The average Bonchev–Trinajstić information content (AvgIpc) is 3.40. The molecule has 2 heterocycles. The number of rotatable bonds is 5. The number of fused-ring (bicyclic) bond motifs is 2. The third-order valence-electron chi connectivity index (χ3n) is 6.26. The molecule has 0 aliphatic rings. The van der Waals surface area contributed by atoms with Gasteiger partial charge in [0.05, 0.1) is 28.9 Å². The third-order valence-corrected chi connectivity index (χ3v) is 6.26. The molecule has 8 heteroatoms. The molecule has 174 valence electrons. The Kier molecular flexibility index (Phi) is 5.13. The Balaban J connectivity index is 1.96. The Morgan fingerprint density at radius 1 is 1.14 bits per heavy atom. The number of halogens is 2. The molecule has 0 fully saturated rings. The van der Waals surface area contributed by atoms with E-state index in [0.29, 0.717) is 16.8 Å². The fourth-order valence-corrected chi connectivity index (χ4v) is 4.64. The minimum atomic E-state index is -1.35. The van der Waals surface area contributed by atoms with Gasteiger partial charge in [-0.15, -0.1) is 0 Å². The zero-order valence-corrected chi connectivity index (χ0v) is 18.9. The van der Waals surface area contributed by atoms with Crippen molar-refractivity contribution in [1.29, 1.82) is 5.26 Å². The molecule has 0 radical (unpaired) electrons. The molecule has 0 unspecified atom stereocenters. The first kappa shape index (κ1) is 22.3. The van der Waals surface area contributed by atoms with Crippen LogP contribution in [0.5, 0.6) is 0 Å². The molecule has 0 aliphatic carbocycles. The maximum atomic E-state index is 14.8. The Morgan fingerprint density at radius 3 is 2.54 bits per heavy atom. The van der Waals surface area contributed by atoms with Gasteiger partial charge >= 0.3 is 5.97 Å². The van der Waals surface area contributed by atoms with E-state index in [1.54, 1.807) is 24.4 Å². The minimum absolute atomic E-state index is 0.159. The summed E-state index contributed by atoms with van der Waals surface area (Å²) in [6, 6.07) is 16.1. The number of hydrogen-bond donors (Lipinski definition) is 2. The molecule has 5 rings (SSSR count). The van der Waals surface area contributed by atoms with Crippen LogP contribution in [0.4, 0.5) is 8.78 Å². The van der Waals surface area contributed by atoms with Gasteiger partial charge in [-0.25, -0.2) is 13.6 Å². The van der Waals surface area contributed by atoms with E-state index in [2.05, 4.69) is 16.3 Å². The average molecular weight is 470 g/mol. The number of aromatic amines is 1. The number of carbonyl (C=O) groups is 1. The molecule has 5 aromatic rings. The van der Waals surface area contributed by atoms with Gasteiger partial charge in [-0.2, -0.15) is 10.4 Å². The summed E-state index contributed by atoms with van der Waals surface area (Å²) in [5.74, 6) is -2.59. The van der Waals surface area contributed by atoms with Crippen LogP contribution in [-0.4, -0.2) is 25.8 Å². The Hall–Kier alpha value is -4.51. The fourth-order valence-electron chi connectivity index (χ4n) is 4.64. The Morgan fingerprint density at radius 2 is 1.89 bits per heavy atom. The molecule has 0 saturated carbocycles. The zero-order valence-electron chi connectivity index (χ0n) is 18.9. The highest BCUT2D eigenvalue weighted by atomic mass is 19.1. The van der Waals surface area contributed by atoms with E-state index in [1.807, 2.05) is 30.5 Å². The molecule has 0 amide bonds. The molecule has 3 aromatic carbocycles. The lowest BCUT2D eigenvalue weighted by Gasteiger charge is -2.26. The highest BCUT2D eigenvalue weighted by Gasteiger charge is 2.32. The smallest absolute Gasteiger partial charge is 0.338 e. The standard InChI is InChI=1S/C27H20F2N4O2/c1-27(2,9-10-30)25-24(15-3-8-19(26(34)35)21(29)11-15)20-13-22-16(14-31-32-22)12-23(20)33(25)18-6-4-17(28)5-7-18/h3-8,11-14H,9H2,1-2H3,(H,31,32)(H,34,35). The lowest BCUT2D eigenvalue weighted by Crippen LogP contribution is -2.21. The first-order valence-electron chi connectivity index (χ1n) is 10.9. The highest BCUT2D eigenvalue weighted by Crippen LogP contribution is 2.45. The quantitative estimate of drug-likeness (QED) is 0.313. The number of benzene rings is 3. The van der Waals surface area contributed by atoms with Crippen molar-refractivity contribution in [3.63, 3.8) is 0 Å². The fraction of sp³-hybridized carbons (Fsp3) is 0.148. The number of aromatic nitrogens is 3. The van der Waals surface area contributed by atoms with Gasteiger partial charge in [0.2, 0.25) is 0 Å². The number of nitrogens with zero attached hydrogens (tertiary/aromatic N) is 3. The van der Waals surface area contributed by atoms with Crippen LogP contribution < -0.4 is 0 Å². The summed E-state index contributed by atoms with van der Waals surface area (Å²) in [4.78, 5) is 11.4. The van der Waals surface area contributed by atoms with Crippen LogP contribution in [0.2, 0.25) is 0 Å². The van der Waals surface area contributed by atoms with E-state index < -0.39 is 22.8 Å². The predicted molar refractivity (Wildman–Crippen MR) is 128 cm³/mol. The SMILES string of the molecule is CC(C)(CC#N)c1c(-c2ccc(C(=O)O)c(F)c2)c2cc3[nH]ncc3cc2n1-c1ccc(F)cc1. The number of carboxylic acids is 1. The summed E-state index contributed by atoms with van der Waals surface area (Å²) in [5.41, 5.74) is 2.94. The number of nitrogens with one attached hydrogen (secondary N) is 1. The lowest BCUT2D eigenvalue weighted by molar-refractivity contribution is 0.0692. The highest BCUT2D eigenvalue weighted by molar-refractivity contribution is 6.06. The van der Waals surface area contributed by atoms with Gasteiger partial charge in [-0.3, -0.25) is 5.10 Å². The topological polar surface area (TPSA) is 94.7 Å². The van der Waals surface area contributed by atoms with Crippen molar-refractivity contribution in [3.8, 4) is 22.9 Å². The van der Waals surface area contributed by atoms with Crippen LogP contribution in [0.15, 0.2) is 60.8 Å². The number of hydrogen-bond acceptors (Lipinski definition) is 3. The zero-order chi connectivity index (χ0) is 24.9. The Labute approximate surface area is 199 Å². The van der Waals surface area contributed by atoms with Crippen LogP contribution in [0.25, 0.3) is 38.6 Å². The van der Waals surface area contributed by atoms with Crippen molar-refractivity contribution >= 4 is 27.8 Å². The number of nitriles is 1. The van der Waals surface area contributed by atoms with Crippen molar-refractivity contribution in [2.24, 2.45) is 0 Å². The van der Waals surface area contributed by atoms with Crippen LogP contribution >= 0.6 is 0 Å². The van der Waals surface area contributed by atoms with Crippen molar-refractivity contribution in [1.82, 2.24) is 14.8 Å². The minimum Gasteiger partial charge on any atom is -0.478 e. The summed E-state index contributed by atoms with van der Waals surface area (Å²) in [7, 11) is 0. The molecule has 0 saturated heterocycles. The molecule has 0 atom stereocenters. The molecular weight excluding hydrogens is 450 g/mol. The van der Waals surface area contributed by atoms with Gasteiger partial charge < -0.3 is 9.67 Å². The van der Waals surface area contributed by atoms with Crippen LogP contribution in [-0.2, 0) is 5.41 Å². The second-order valence-corrected chi connectivity index (χ2v) is 9.08. The predicted octanol–water partition coefficient (Wildman–Crippen LogP) is 6.34. The van der Waals surface area contributed by atoms with E-state index in [-0.39, 0.29) is 12.2 Å². The molecule has 2 aromatic heterocycles. The summed E-state index contributed by atoms with van der Waals surface area (Å²) >= 11 is 0. The van der Waals surface area contributed by atoms with Crippen LogP contribution in [0.3, 0.4) is 0 Å². The third kappa shape index (κ3) is 3.62. The largest absolute Gasteiger partial charge is 0.478 e. The van der Waals surface area contributed by atoms with Crippen molar-refractivity contribution in [3.05, 3.63) is 83.7 Å². The first-order valence-corrected chi connectivity index (χ1v) is 10.9. The van der Waals surface area contributed by atoms with Gasteiger partial charge in [0.25, 0.3) is 0 Å². The molecule has 0 spiro atoms. The van der Waals surface area contributed by atoms with E-state index in [1.165, 1.54) is 24.3 Å². The van der Waals surface area contributed by atoms with Crippen molar-refractivity contribution < 1.29 is 18.7 Å². The molecule has 2 N–H and O–H groups in total. The summed E-state index contributed by atoms with van der Waals surface area (Å²) < 4.78 is 30.6. The molecule has 0 bridgehead atoms. The van der Waals surface area contributed by atoms with Gasteiger partial charge in [-0.1, -0.05) is 19.9 Å². The lowest BCUT2D eigenvalue weighted by atomic mass is 9.81. The van der Waals surface area contributed by atoms with Crippen LogP contribution in [0.1, 0.15) is 36.3 Å². The van der Waals surface area contributed by atoms with Crippen LogP contribution in [0, 0.1) is 23.0 Å². The van der Waals surface area contributed by atoms with E-state index in [9.17, 15) is 23.9 Å². The van der Waals surface area contributed by atoms with Gasteiger partial charge in [0, 0.05) is 39.6 Å². The maximum absolute atomic E-state index is 14.8. The number of aromatic carboxylic acids is 1. The van der Waals surface area contributed by atoms with Gasteiger partial charge in [0.1, 0.15) is 11.6 Å². The van der Waals surface area contributed by atoms with Crippen molar-refractivity contribution in [2.75, 3.05) is 0 Å². The van der Waals surface area contributed by atoms with E-state index >= 15 is 0 Å². The number of H-pyrrole nitrogens is 1. The second kappa shape index (κ2) is 8.06. The van der Waals surface area contributed by atoms with E-state index in [0.717, 1.165) is 27.5 Å². The molecule has 0 aliphatic heterocycles. The summed E-state index contributed by atoms with van der Waals surface area (Å²) in [6.07, 6.45) is 1.85. The monoisotopic (exact) mass is 470 g/mol. The maximum Gasteiger partial charge on any atom is 0.338 e. The Bertz CT molecular complexity index is 1660. The van der Waals surface area contributed by atoms with Crippen molar-refractivity contribution in [2.45, 2.75) is 25.7 Å². The summed E-state index contributed by atoms with van der Waals surface area (Å²) in [5, 5.41) is 27.6. The number of carboxylic acid groups (broad SMARTS) is 1. The van der Waals surface area contributed by atoms with Gasteiger partial charge in [0.15, 0.2) is 0 Å². The first-order chi connectivity index (χ1) is 16.7. The second-order valence-electron chi connectivity index (χ2n) is 9.08. The molecule has 6 nitrogen and oxygen atoms in total. The molecule has 35 heavy (non-hydrogen) atoms. The molecular formula is C27H20F2N4O2. The summed E-state index contributed by atoms with van der Waals surface area (Å²) in [6.45, 7) is 3.84.